The third-order valence-corrected chi connectivity index (χ3v) is 2.90. The summed E-state index contributed by atoms with van der Waals surface area (Å²) < 4.78 is 0. The number of aromatic nitrogens is 1. The molecule has 0 saturated heterocycles. The standard InChI is InChI=1S/C11H12N2S/c1-7-3-4-8(2)9(5-7)10-11(12)14-6-13-10/h3-6H,12H2,1-2H3. The van der Waals surface area contributed by atoms with Crippen molar-refractivity contribution in [2.45, 2.75) is 13.8 Å². The number of anilines is 1. The van der Waals surface area contributed by atoms with Crippen LogP contribution < -0.4 is 5.73 Å². The van der Waals surface area contributed by atoms with Gasteiger partial charge in [0, 0.05) is 5.56 Å². The van der Waals surface area contributed by atoms with Gasteiger partial charge >= 0.3 is 0 Å². The highest BCUT2D eigenvalue weighted by Gasteiger charge is 2.08. The molecule has 0 fully saturated rings. The molecule has 0 radical (unpaired) electrons. The van der Waals surface area contributed by atoms with E-state index in [-0.39, 0.29) is 0 Å². The van der Waals surface area contributed by atoms with Crippen LogP contribution in [0.2, 0.25) is 0 Å². The first-order chi connectivity index (χ1) is 6.68. The van der Waals surface area contributed by atoms with Gasteiger partial charge in [0.05, 0.1) is 5.51 Å². The summed E-state index contributed by atoms with van der Waals surface area (Å²) in [6, 6.07) is 6.32. The van der Waals surface area contributed by atoms with Crippen molar-refractivity contribution in [3.05, 3.63) is 34.8 Å². The van der Waals surface area contributed by atoms with Crippen LogP contribution >= 0.6 is 11.3 Å². The van der Waals surface area contributed by atoms with Gasteiger partial charge in [-0.05, 0) is 25.5 Å². The van der Waals surface area contributed by atoms with E-state index in [2.05, 4.69) is 37.0 Å². The summed E-state index contributed by atoms with van der Waals surface area (Å²) in [7, 11) is 0. The van der Waals surface area contributed by atoms with Crippen molar-refractivity contribution >= 4 is 16.3 Å². The van der Waals surface area contributed by atoms with Crippen molar-refractivity contribution in [2.24, 2.45) is 0 Å². The maximum absolute atomic E-state index is 5.85. The molecule has 0 aliphatic rings. The fourth-order valence-corrected chi connectivity index (χ4v) is 1.99. The van der Waals surface area contributed by atoms with Crippen LogP contribution in [0.3, 0.4) is 0 Å². The summed E-state index contributed by atoms with van der Waals surface area (Å²) in [5.74, 6) is 0. The smallest absolute Gasteiger partial charge is 0.114 e. The number of hydrogen-bond acceptors (Lipinski definition) is 3. The molecule has 72 valence electrons. The van der Waals surface area contributed by atoms with Crippen molar-refractivity contribution in [1.29, 1.82) is 0 Å². The lowest BCUT2D eigenvalue weighted by atomic mass is 10.0. The van der Waals surface area contributed by atoms with Crippen LogP contribution in [0.5, 0.6) is 0 Å². The largest absolute Gasteiger partial charge is 0.389 e. The zero-order chi connectivity index (χ0) is 10.1. The topological polar surface area (TPSA) is 38.9 Å². The predicted octanol–water partition coefficient (Wildman–Crippen LogP) is 3.01. The van der Waals surface area contributed by atoms with Gasteiger partial charge in [0.15, 0.2) is 0 Å². The van der Waals surface area contributed by atoms with Crippen LogP contribution in [0, 0.1) is 13.8 Å². The SMILES string of the molecule is Cc1ccc(C)c(-c2ncsc2N)c1. The molecule has 0 unspecified atom stereocenters. The molecule has 0 aliphatic heterocycles. The first-order valence-electron chi connectivity index (χ1n) is 4.45. The quantitative estimate of drug-likeness (QED) is 0.775. The molecule has 0 amide bonds. The number of nitrogen functional groups attached to an aromatic ring is 1. The van der Waals surface area contributed by atoms with E-state index >= 15 is 0 Å². The molecular formula is C11H12N2S. The highest BCUT2D eigenvalue weighted by atomic mass is 32.1. The van der Waals surface area contributed by atoms with Crippen LogP contribution in [0.4, 0.5) is 5.00 Å². The lowest BCUT2D eigenvalue weighted by Crippen LogP contribution is -1.89. The first-order valence-corrected chi connectivity index (χ1v) is 5.33. The monoisotopic (exact) mass is 204 g/mol. The number of nitrogens with zero attached hydrogens (tertiary/aromatic N) is 1. The molecule has 2 aromatic rings. The number of rotatable bonds is 1. The highest BCUT2D eigenvalue weighted by Crippen LogP contribution is 2.30. The van der Waals surface area contributed by atoms with E-state index in [0.29, 0.717) is 0 Å². The Kier molecular flexibility index (Phi) is 2.25. The summed E-state index contributed by atoms with van der Waals surface area (Å²) in [4.78, 5) is 4.28. The minimum Gasteiger partial charge on any atom is -0.389 e. The molecule has 0 bridgehead atoms. The third kappa shape index (κ3) is 1.51. The van der Waals surface area contributed by atoms with Crippen molar-refractivity contribution in [3.63, 3.8) is 0 Å². The molecule has 0 aliphatic carbocycles. The van der Waals surface area contributed by atoms with Gasteiger partial charge in [0.25, 0.3) is 0 Å². The highest BCUT2D eigenvalue weighted by molar-refractivity contribution is 7.14. The zero-order valence-corrected chi connectivity index (χ0v) is 9.06. The fourth-order valence-electron chi connectivity index (χ4n) is 1.45. The van der Waals surface area contributed by atoms with Crippen molar-refractivity contribution in [2.75, 3.05) is 5.73 Å². The maximum atomic E-state index is 5.85. The number of aryl methyl sites for hydroxylation is 2. The van der Waals surface area contributed by atoms with Crippen molar-refractivity contribution in [3.8, 4) is 11.3 Å². The van der Waals surface area contributed by atoms with E-state index in [9.17, 15) is 0 Å². The molecule has 2 nitrogen and oxygen atoms in total. The molecule has 0 atom stereocenters. The second-order valence-corrected chi connectivity index (χ2v) is 4.27. The van der Waals surface area contributed by atoms with Gasteiger partial charge < -0.3 is 5.73 Å². The Morgan fingerprint density at radius 2 is 2.07 bits per heavy atom. The van der Waals surface area contributed by atoms with E-state index in [1.807, 2.05) is 0 Å². The van der Waals surface area contributed by atoms with Crippen LogP contribution in [0.1, 0.15) is 11.1 Å². The molecule has 2 N–H and O–H groups in total. The minimum absolute atomic E-state index is 0.790. The van der Waals surface area contributed by atoms with Crippen molar-refractivity contribution in [1.82, 2.24) is 4.98 Å². The van der Waals surface area contributed by atoms with Gasteiger partial charge in [-0.25, -0.2) is 4.98 Å². The predicted molar refractivity (Wildman–Crippen MR) is 61.4 cm³/mol. The molecule has 3 heteroatoms. The Labute approximate surface area is 87.4 Å². The van der Waals surface area contributed by atoms with E-state index in [0.717, 1.165) is 16.3 Å². The zero-order valence-electron chi connectivity index (χ0n) is 8.24. The number of hydrogen-bond donors (Lipinski definition) is 1. The maximum Gasteiger partial charge on any atom is 0.114 e. The van der Waals surface area contributed by atoms with Gasteiger partial charge in [-0.15, -0.1) is 11.3 Å². The van der Waals surface area contributed by atoms with Gasteiger partial charge in [0.2, 0.25) is 0 Å². The summed E-state index contributed by atoms with van der Waals surface area (Å²) in [6.07, 6.45) is 0. The van der Waals surface area contributed by atoms with Crippen LogP contribution in [-0.4, -0.2) is 4.98 Å². The van der Waals surface area contributed by atoms with Crippen LogP contribution in [0.15, 0.2) is 23.7 Å². The van der Waals surface area contributed by atoms with Gasteiger partial charge in [-0.1, -0.05) is 17.7 Å². The Bertz CT molecular complexity index is 460. The minimum atomic E-state index is 0.790. The van der Waals surface area contributed by atoms with E-state index in [4.69, 9.17) is 5.73 Å². The number of benzene rings is 1. The first kappa shape index (κ1) is 9.21. The molecule has 14 heavy (non-hydrogen) atoms. The number of thiazole rings is 1. The lowest BCUT2D eigenvalue weighted by molar-refractivity contribution is 1.34. The normalized spacial score (nSPS) is 10.4. The van der Waals surface area contributed by atoms with Crippen LogP contribution in [-0.2, 0) is 0 Å². The van der Waals surface area contributed by atoms with Gasteiger partial charge in [-0.3, -0.25) is 0 Å². The molecule has 1 aromatic carbocycles. The summed E-state index contributed by atoms with van der Waals surface area (Å²) in [5.41, 5.74) is 12.1. The molecular weight excluding hydrogens is 192 g/mol. The Balaban J connectivity index is 2.62. The van der Waals surface area contributed by atoms with E-state index in [1.165, 1.54) is 22.5 Å². The van der Waals surface area contributed by atoms with E-state index in [1.54, 1.807) is 5.51 Å². The Hall–Kier alpha value is -1.35. The summed E-state index contributed by atoms with van der Waals surface area (Å²) >= 11 is 1.48. The Morgan fingerprint density at radius 3 is 2.71 bits per heavy atom. The third-order valence-electron chi connectivity index (χ3n) is 2.24. The van der Waals surface area contributed by atoms with Crippen LogP contribution in [0.25, 0.3) is 11.3 Å². The van der Waals surface area contributed by atoms with E-state index < -0.39 is 0 Å². The lowest BCUT2D eigenvalue weighted by Gasteiger charge is -2.04. The van der Waals surface area contributed by atoms with Crippen molar-refractivity contribution < 1.29 is 0 Å². The fraction of sp³-hybridized carbons (Fsp3) is 0.182. The number of nitrogens with two attached hydrogens (primary N) is 1. The second-order valence-electron chi connectivity index (χ2n) is 3.38. The second kappa shape index (κ2) is 3.42. The average Bonchev–Trinajstić information content (AvgIpc) is 2.56. The molecule has 1 heterocycles. The van der Waals surface area contributed by atoms with Gasteiger partial charge in [-0.2, -0.15) is 0 Å². The molecule has 0 spiro atoms. The van der Waals surface area contributed by atoms with Gasteiger partial charge in [0.1, 0.15) is 10.7 Å². The molecule has 0 saturated carbocycles. The average molecular weight is 204 g/mol. The Morgan fingerprint density at radius 1 is 1.29 bits per heavy atom. The molecule has 1 aromatic heterocycles. The summed E-state index contributed by atoms with van der Waals surface area (Å²) in [5, 5.41) is 0.790. The summed E-state index contributed by atoms with van der Waals surface area (Å²) in [6.45, 7) is 4.15. The molecule has 2 rings (SSSR count).